The third kappa shape index (κ3) is 3.68. The van der Waals surface area contributed by atoms with Crippen molar-refractivity contribution in [1.82, 2.24) is 5.32 Å². The molecule has 3 aromatic rings. The Balaban J connectivity index is 1.60. The van der Waals surface area contributed by atoms with Crippen molar-refractivity contribution in [1.29, 1.82) is 0 Å². The maximum Gasteiger partial charge on any atom is 0.263 e. The van der Waals surface area contributed by atoms with Crippen LogP contribution in [0.15, 0.2) is 42.5 Å². The highest BCUT2D eigenvalue weighted by Gasteiger charge is 2.17. The third-order valence-electron chi connectivity index (χ3n) is 3.44. The molecule has 0 bridgehead atoms. The van der Waals surface area contributed by atoms with Crippen LogP contribution in [0.4, 0.5) is 4.39 Å². The molecule has 0 saturated heterocycles. The lowest BCUT2D eigenvalue weighted by Gasteiger charge is -2.07. The van der Waals surface area contributed by atoms with Gasteiger partial charge in [-0.3, -0.25) is 4.79 Å². The van der Waals surface area contributed by atoms with Gasteiger partial charge in [0.15, 0.2) is 0 Å². The number of thiophene rings is 1. The zero-order chi connectivity index (χ0) is 17.1. The molecule has 124 valence electrons. The van der Waals surface area contributed by atoms with E-state index in [2.05, 4.69) is 5.32 Å². The number of halogens is 2. The van der Waals surface area contributed by atoms with Crippen LogP contribution in [0.25, 0.3) is 10.1 Å². The fourth-order valence-electron chi connectivity index (χ4n) is 2.30. The van der Waals surface area contributed by atoms with Crippen molar-refractivity contribution in [2.75, 3.05) is 13.2 Å². The van der Waals surface area contributed by atoms with Crippen LogP contribution in [0.3, 0.4) is 0 Å². The molecule has 1 heterocycles. The number of hydrogen-bond donors (Lipinski definition) is 1. The number of nitrogens with one attached hydrogen (secondary N) is 1. The van der Waals surface area contributed by atoms with E-state index >= 15 is 0 Å². The molecule has 1 amide bonds. The molecule has 0 aliphatic rings. The van der Waals surface area contributed by atoms with Gasteiger partial charge in [0.25, 0.3) is 5.91 Å². The molecule has 3 rings (SSSR count). The van der Waals surface area contributed by atoms with Gasteiger partial charge < -0.3 is 10.1 Å². The SMILES string of the molecule is Cc1cccc(OCCNC(=O)c2sc3cc(F)ccc3c2Cl)c1. The highest BCUT2D eigenvalue weighted by atomic mass is 35.5. The van der Waals surface area contributed by atoms with Gasteiger partial charge in [-0.1, -0.05) is 23.7 Å². The van der Waals surface area contributed by atoms with Crippen LogP contribution in [-0.2, 0) is 0 Å². The van der Waals surface area contributed by atoms with Crippen molar-refractivity contribution in [3.8, 4) is 5.75 Å². The summed E-state index contributed by atoms with van der Waals surface area (Å²) in [5.41, 5.74) is 1.11. The Hall–Kier alpha value is -2.11. The summed E-state index contributed by atoms with van der Waals surface area (Å²) in [6.07, 6.45) is 0. The van der Waals surface area contributed by atoms with E-state index in [9.17, 15) is 9.18 Å². The minimum atomic E-state index is -0.348. The molecule has 2 aromatic carbocycles. The van der Waals surface area contributed by atoms with Gasteiger partial charge in [0, 0.05) is 10.1 Å². The summed E-state index contributed by atoms with van der Waals surface area (Å²) >= 11 is 7.40. The molecule has 0 radical (unpaired) electrons. The first-order valence-electron chi connectivity index (χ1n) is 7.40. The summed E-state index contributed by atoms with van der Waals surface area (Å²) in [6, 6.07) is 12.0. The Morgan fingerprint density at radius 3 is 2.92 bits per heavy atom. The van der Waals surface area contributed by atoms with Crippen LogP contribution >= 0.6 is 22.9 Å². The van der Waals surface area contributed by atoms with E-state index in [1.807, 2.05) is 31.2 Å². The predicted octanol–water partition coefficient (Wildman–Crippen LogP) is 4.81. The van der Waals surface area contributed by atoms with Crippen LogP contribution in [0, 0.1) is 12.7 Å². The van der Waals surface area contributed by atoms with E-state index in [1.54, 1.807) is 6.07 Å². The highest BCUT2D eigenvalue weighted by molar-refractivity contribution is 7.21. The largest absolute Gasteiger partial charge is 0.492 e. The summed E-state index contributed by atoms with van der Waals surface area (Å²) in [4.78, 5) is 12.6. The van der Waals surface area contributed by atoms with Gasteiger partial charge in [-0.2, -0.15) is 0 Å². The first kappa shape index (κ1) is 16.7. The van der Waals surface area contributed by atoms with Gasteiger partial charge in [0.2, 0.25) is 0 Å². The standard InChI is InChI=1S/C18H15ClFNO2S/c1-11-3-2-4-13(9-11)23-8-7-21-18(22)17-16(19)14-6-5-12(20)10-15(14)24-17/h2-6,9-10H,7-8H2,1H3,(H,21,22). The van der Waals surface area contributed by atoms with E-state index in [-0.39, 0.29) is 11.7 Å². The predicted molar refractivity (Wildman–Crippen MR) is 95.8 cm³/mol. The molecule has 0 unspecified atom stereocenters. The third-order valence-corrected chi connectivity index (χ3v) is 5.10. The summed E-state index contributed by atoms with van der Waals surface area (Å²) in [5.74, 6) is 0.132. The quantitative estimate of drug-likeness (QED) is 0.660. The van der Waals surface area contributed by atoms with Crippen molar-refractivity contribution >= 4 is 38.9 Å². The summed E-state index contributed by atoms with van der Waals surface area (Å²) in [5, 5.41) is 3.81. The first-order valence-corrected chi connectivity index (χ1v) is 8.59. The molecule has 24 heavy (non-hydrogen) atoms. The van der Waals surface area contributed by atoms with Crippen molar-refractivity contribution in [3.05, 3.63) is 63.7 Å². The number of benzene rings is 2. The fourth-order valence-corrected chi connectivity index (χ4v) is 3.76. The second-order valence-electron chi connectivity index (χ2n) is 5.31. The number of carbonyl (C=O) groups excluding carboxylic acids is 1. The molecule has 0 spiro atoms. The molecular formula is C18H15ClFNO2S. The molecule has 0 fully saturated rings. The van der Waals surface area contributed by atoms with Crippen LogP contribution in [-0.4, -0.2) is 19.1 Å². The van der Waals surface area contributed by atoms with E-state index in [1.165, 1.54) is 23.5 Å². The normalized spacial score (nSPS) is 10.8. The van der Waals surface area contributed by atoms with Crippen LogP contribution in [0.5, 0.6) is 5.75 Å². The number of rotatable bonds is 5. The van der Waals surface area contributed by atoms with Gasteiger partial charge >= 0.3 is 0 Å². The number of carbonyl (C=O) groups is 1. The van der Waals surface area contributed by atoms with Gasteiger partial charge in [-0.25, -0.2) is 4.39 Å². The summed E-state index contributed by atoms with van der Waals surface area (Å²) in [6.45, 7) is 2.69. The van der Waals surface area contributed by atoms with E-state index in [4.69, 9.17) is 16.3 Å². The second-order valence-corrected chi connectivity index (χ2v) is 6.74. The molecule has 0 aliphatic carbocycles. The van der Waals surface area contributed by atoms with Crippen LogP contribution < -0.4 is 10.1 Å². The summed E-state index contributed by atoms with van der Waals surface area (Å²) in [7, 11) is 0. The smallest absolute Gasteiger partial charge is 0.263 e. The minimum absolute atomic E-state index is 0.283. The lowest BCUT2D eigenvalue weighted by atomic mass is 10.2. The average Bonchev–Trinajstić information content (AvgIpc) is 2.88. The van der Waals surface area contributed by atoms with E-state index < -0.39 is 0 Å². The first-order chi connectivity index (χ1) is 11.5. The number of aryl methyl sites for hydroxylation is 1. The lowest BCUT2D eigenvalue weighted by molar-refractivity contribution is 0.0951. The van der Waals surface area contributed by atoms with Crippen molar-refractivity contribution in [2.45, 2.75) is 6.92 Å². The van der Waals surface area contributed by atoms with Gasteiger partial charge in [-0.15, -0.1) is 11.3 Å². The number of fused-ring (bicyclic) bond motifs is 1. The Morgan fingerprint density at radius 2 is 2.12 bits per heavy atom. The summed E-state index contributed by atoms with van der Waals surface area (Å²) < 4.78 is 19.5. The Bertz CT molecular complexity index is 894. The topological polar surface area (TPSA) is 38.3 Å². The zero-order valence-corrected chi connectivity index (χ0v) is 14.5. The maximum absolute atomic E-state index is 13.3. The molecule has 6 heteroatoms. The van der Waals surface area contributed by atoms with E-state index in [0.29, 0.717) is 33.1 Å². The highest BCUT2D eigenvalue weighted by Crippen LogP contribution is 2.35. The molecule has 0 aliphatic heterocycles. The molecule has 0 saturated carbocycles. The average molecular weight is 364 g/mol. The molecule has 3 nitrogen and oxygen atoms in total. The van der Waals surface area contributed by atoms with E-state index in [0.717, 1.165) is 11.3 Å². The molecular weight excluding hydrogens is 349 g/mol. The molecule has 1 aromatic heterocycles. The monoisotopic (exact) mass is 363 g/mol. The molecule has 1 N–H and O–H groups in total. The molecule has 0 atom stereocenters. The van der Waals surface area contributed by atoms with Crippen LogP contribution in [0.2, 0.25) is 5.02 Å². The fraction of sp³-hybridized carbons (Fsp3) is 0.167. The Morgan fingerprint density at radius 1 is 1.29 bits per heavy atom. The minimum Gasteiger partial charge on any atom is -0.492 e. The van der Waals surface area contributed by atoms with Gasteiger partial charge in [0.05, 0.1) is 11.6 Å². The second kappa shape index (κ2) is 7.20. The number of hydrogen-bond acceptors (Lipinski definition) is 3. The lowest BCUT2D eigenvalue weighted by Crippen LogP contribution is -2.27. The van der Waals surface area contributed by atoms with Gasteiger partial charge in [0.1, 0.15) is 23.1 Å². The van der Waals surface area contributed by atoms with Crippen molar-refractivity contribution in [2.24, 2.45) is 0 Å². The zero-order valence-electron chi connectivity index (χ0n) is 12.9. The van der Waals surface area contributed by atoms with Crippen molar-refractivity contribution < 1.29 is 13.9 Å². The maximum atomic E-state index is 13.3. The Kier molecular flexibility index (Phi) is 5.02. The van der Waals surface area contributed by atoms with Gasteiger partial charge in [-0.05, 0) is 42.8 Å². The number of ether oxygens (including phenoxy) is 1. The van der Waals surface area contributed by atoms with Crippen molar-refractivity contribution in [3.63, 3.8) is 0 Å². The Labute approximate surface area is 148 Å². The van der Waals surface area contributed by atoms with Crippen LogP contribution in [0.1, 0.15) is 15.2 Å². The number of amides is 1.